The minimum atomic E-state index is -0.0836. The van der Waals surface area contributed by atoms with Crippen molar-refractivity contribution in [3.05, 3.63) is 52.3 Å². The quantitative estimate of drug-likeness (QED) is 0.822. The Bertz CT molecular complexity index is 626. The van der Waals surface area contributed by atoms with Gasteiger partial charge in [0.15, 0.2) is 0 Å². The zero-order valence-electron chi connectivity index (χ0n) is 10.0. The SMILES string of the molecule is C=CCOc1cc(C)c2[nH]c(=O)ccc2c1C. The van der Waals surface area contributed by atoms with Crippen molar-refractivity contribution in [1.29, 1.82) is 0 Å². The molecule has 0 amide bonds. The van der Waals surface area contributed by atoms with Crippen LogP contribution in [0, 0.1) is 13.8 Å². The van der Waals surface area contributed by atoms with Gasteiger partial charge in [-0.15, -0.1) is 0 Å². The highest BCUT2D eigenvalue weighted by Crippen LogP contribution is 2.28. The molecule has 0 bridgehead atoms. The van der Waals surface area contributed by atoms with Crippen LogP contribution in [0.25, 0.3) is 10.9 Å². The number of nitrogens with one attached hydrogen (secondary N) is 1. The number of hydrogen-bond donors (Lipinski definition) is 1. The number of rotatable bonds is 3. The van der Waals surface area contributed by atoms with Crippen LogP contribution in [0.1, 0.15) is 11.1 Å². The third kappa shape index (κ3) is 2.09. The van der Waals surface area contributed by atoms with Crippen LogP contribution in [-0.4, -0.2) is 11.6 Å². The fourth-order valence-corrected chi connectivity index (χ4v) is 1.91. The maximum absolute atomic E-state index is 11.3. The summed E-state index contributed by atoms with van der Waals surface area (Å²) in [5, 5.41) is 1.02. The molecule has 2 aromatic rings. The predicted molar refractivity (Wildman–Crippen MR) is 69.7 cm³/mol. The number of ether oxygens (including phenoxy) is 1. The Hall–Kier alpha value is -2.03. The van der Waals surface area contributed by atoms with Crippen molar-refractivity contribution in [2.24, 2.45) is 0 Å². The summed E-state index contributed by atoms with van der Waals surface area (Å²) in [6, 6.07) is 5.31. The van der Waals surface area contributed by atoms with E-state index < -0.39 is 0 Å². The van der Waals surface area contributed by atoms with Gasteiger partial charge in [-0.05, 0) is 31.5 Å². The lowest BCUT2D eigenvalue weighted by Gasteiger charge is -2.12. The Morgan fingerprint density at radius 1 is 1.41 bits per heavy atom. The molecule has 1 heterocycles. The van der Waals surface area contributed by atoms with Crippen molar-refractivity contribution in [3.63, 3.8) is 0 Å². The molecule has 0 aliphatic carbocycles. The molecule has 0 radical (unpaired) electrons. The highest BCUT2D eigenvalue weighted by atomic mass is 16.5. The van der Waals surface area contributed by atoms with Gasteiger partial charge in [-0.3, -0.25) is 4.79 Å². The summed E-state index contributed by atoms with van der Waals surface area (Å²) in [6.45, 7) is 8.05. The largest absolute Gasteiger partial charge is 0.489 e. The van der Waals surface area contributed by atoms with Gasteiger partial charge in [0.2, 0.25) is 5.56 Å². The minimum Gasteiger partial charge on any atom is -0.489 e. The molecule has 0 saturated heterocycles. The lowest BCUT2D eigenvalue weighted by atomic mass is 10.0. The van der Waals surface area contributed by atoms with E-state index in [9.17, 15) is 4.79 Å². The van der Waals surface area contributed by atoms with E-state index >= 15 is 0 Å². The zero-order valence-corrected chi connectivity index (χ0v) is 10.0. The summed E-state index contributed by atoms with van der Waals surface area (Å²) >= 11 is 0. The third-order valence-electron chi connectivity index (χ3n) is 2.79. The van der Waals surface area contributed by atoms with Crippen LogP contribution in [0.15, 0.2) is 35.6 Å². The summed E-state index contributed by atoms with van der Waals surface area (Å²) < 4.78 is 5.60. The lowest BCUT2D eigenvalue weighted by Crippen LogP contribution is -2.05. The molecule has 0 spiro atoms. The Kier molecular flexibility index (Phi) is 3.00. The van der Waals surface area contributed by atoms with Crippen LogP contribution in [0.2, 0.25) is 0 Å². The Morgan fingerprint density at radius 3 is 2.88 bits per heavy atom. The van der Waals surface area contributed by atoms with Crippen LogP contribution >= 0.6 is 0 Å². The average Bonchev–Trinajstić information content (AvgIpc) is 2.32. The van der Waals surface area contributed by atoms with Gasteiger partial charge in [0, 0.05) is 17.0 Å². The predicted octanol–water partition coefficient (Wildman–Crippen LogP) is 2.71. The van der Waals surface area contributed by atoms with Gasteiger partial charge in [-0.2, -0.15) is 0 Å². The average molecular weight is 229 g/mol. The first-order chi connectivity index (χ1) is 8.13. The van der Waals surface area contributed by atoms with Gasteiger partial charge in [0.25, 0.3) is 0 Å². The zero-order chi connectivity index (χ0) is 12.4. The molecule has 88 valence electrons. The molecule has 2 rings (SSSR count). The molecule has 1 aromatic heterocycles. The topological polar surface area (TPSA) is 42.1 Å². The van der Waals surface area contributed by atoms with Gasteiger partial charge >= 0.3 is 0 Å². The molecule has 0 aliphatic rings. The molecule has 0 saturated carbocycles. The van der Waals surface area contributed by atoms with Gasteiger partial charge in [0.1, 0.15) is 12.4 Å². The summed E-state index contributed by atoms with van der Waals surface area (Å²) in [6.07, 6.45) is 1.71. The number of hydrogen-bond acceptors (Lipinski definition) is 2. The molecule has 3 nitrogen and oxygen atoms in total. The summed E-state index contributed by atoms with van der Waals surface area (Å²) in [5.41, 5.74) is 2.83. The second-order valence-corrected chi connectivity index (χ2v) is 4.03. The molecule has 0 unspecified atom stereocenters. The summed E-state index contributed by atoms with van der Waals surface area (Å²) in [5.74, 6) is 0.835. The van der Waals surface area contributed by atoms with Gasteiger partial charge in [0.05, 0.1) is 5.52 Å². The smallest absolute Gasteiger partial charge is 0.248 e. The molecule has 1 N–H and O–H groups in total. The number of aryl methyl sites for hydroxylation is 2. The van der Waals surface area contributed by atoms with E-state index in [0.717, 1.165) is 27.8 Å². The maximum Gasteiger partial charge on any atom is 0.248 e. The van der Waals surface area contributed by atoms with Crippen LogP contribution in [0.3, 0.4) is 0 Å². The first kappa shape index (κ1) is 11.5. The molecule has 0 fully saturated rings. The number of benzene rings is 1. The van der Waals surface area contributed by atoms with Crippen molar-refractivity contribution < 1.29 is 4.74 Å². The molecule has 0 aliphatic heterocycles. The first-order valence-electron chi connectivity index (χ1n) is 5.50. The van der Waals surface area contributed by atoms with Crippen molar-refractivity contribution in [2.75, 3.05) is 6.61 Å². The fourth-order valence-electron chi connectivity index (χ4n) is 1.91. The van der Waals surface area contributed by atoms with Gasteiger partial charge in [-0.1, -0.05) is 12.7 Å². The summed E-state index contributed by atoms with van der Waals surface area (Å²) in [4.78, 5) is 14.2. The van der Waals surface area contributed by atoms with Gasteiger partial charge in [-0.25, -0.2) is 0 Å². The molecular weight excluding hydrogens is 214 g/mol. The van der Waals surface area contributed by atoms with Crippen LogP contribution in [0.4, 0.5) is 0 Å². The van der Waals surface area contributed by atoms with E-state index in [-0.39, 0.29) is 5.56 Å². The minimum absolute atomic E-state index is 0.0836. The second-order valence-electron chi connectivity index (χ2n) is 4.03. The van der Waals surface area contributed by atoms with E-state index in [1.807, 2.05) is 26.0 Å². The van der Waals surface area contributed by atoms with E-state index in [2.05, 4.69) is 11.6 Å². The van der Waals surface area contributed by atoms with E-state index in [1.54, 1.807) is 6.08 Å². The number of fused-ring (bicyclic) bond motifs is 1. The monoisotopic (exact) mass is 229 g/mol. The number of aromatic amines is 1. The van der Waals surface area contributed by atoms with Crippen molar-refractivity contribution in [2.45, 2.75) is 13.8 Å². The lowest BCUT2D eigenvalue weighted by molar-refractivity contribution is 0.361. The van der Waals surface area contributed by atoms with Crippen molar-refractivity contribution in [1.82, 2.24) is 4.98 Å². The van der Waals surface area contributed by atoms with Gasteiger partial charge < -0.3 is 9.72 Å². The Labute approximate surface area is 99.7 Å². The third-order valence-corrected chi connectivity index (χ3v) is 2.79. The molecule has 3 heteroatoms. The van der Waals surface area contributed by atoms with Crippen LogP contribution in [-0.2, 0) is 0 Å². The van der Waals surface area contributed by atoms with E-state index in [0.29, 0.717) is 6.61 Å². The number of H-pyrrole nitrogens is 1. The van der Waals surface area contributed by atoms with Crippen molar-refractivity contribution in [3.8, 4) is 5.75 Å². The molecular formula is C14H15NO2. The number of pyridine rings is 1. The molecule has 0 atom stereocenters. The summed E-state index contributed by atoms with van der Waals surface area (Å²) in [7, 11) is 0. The van der Waals surface area contributed by atoms with E-state index in [4.69, 9.17) is 4.74 Å². The fraction of sp³-hybridized carbons (Fsp3) is 0.214. The highest BCUT2D eigenvalue weighted by Gasteiger charge is 2.08. The normalized spacial score (nSPS) is 10.5. The number of aromatic nitrogens is 1. The first-order valence-corrected chi connectivity index (χ1v) is 5.50. The van der Waals surface area contributed by atoms with E-state index in [1.165, 1.54) is 6.07 Å². The van der Waals surface area contributed by atoms with Crippen molar-refractivity contribution >= 4 is 10.9 Å². The van der Waals surface area contributed by atoms with Crippen LogP contribution in [0.5, 0.6) is 5.75 Å². The van der Waals surface area contributed by atoms with Crippen LogP contribution < -0.4 is 10.3 Å². The Morgan fingerprint density at radius 2 is 2.18 bits per heavy atom. The second kappa shape index (κ2) is 4.45. The standard InChI is InChI=1S/C14H15NO2/c1-4-7-17-12-8-9(2)14-11(10(12)3)5-6-13(16)15-14/h4-6,8H,1,7H2,2-3H3,(H,15,16). The molecule has 1 aromatic carbocycles. The molecule has 17 heavy (non-hydrogen) atoms. The maximum atomic E-state index is 11.3. The highest BCUT2D eigenvalue weighted by molar-refractivity contribution is 5.86. The Balaban J connectivity index is 2.67.